The van der Waals surface area contributed by atoms with Crippen LogP contribution in [0, 0.1) is 0 Å². The first kappa shape index (κ1) is 16.3. The molecule has 3 rings (SSSR count). The van der Waals surface area contributed by atoms with E-state index in [2.05, 4.69) is 5.32 Å². The van der Waals surface area contributed by atoms with Crippen molar-refractivity contribution in [2.24, 2.45) is 0 Å². The Morgan fingerprint density at radius 2 is 2.00 bits per heavy atom. The lowest BCUT2D eigenvalue weighted by Gasteiger charge is -2.29. The fourth-order valence-electron chi connectivity index (χ4n) is 3.18. The first-order chi connectivity index (χ1) is 11.3. The molecule has 1 aliphatic carbocycles. The molecule has 0 aromatic heterocycles. The quantitative estimate of drug-likeness (QED) is 0.904. The van der Waals surface area contributed by atoms with E-state index in [1.54, 1.807) is 0 Å². The Balaban J connectivity index is 1.43. The van der Waals surface area contributed by atoms with E-state index in [1.807, 2.05) is 30.3 Å². The predicted molar refractivity (Wildman–Crippen MR) is 85.9 cm³/mol. The van der Waals surface area contributed by atoms with Crippen molar-refractivity contribution in [1.29, 1.82) is 0 Å². The molecule has 1 N–H and O–H groups in total. The SMILES string of the molecule is O=C(N[C@H]1CCC[C@@H]1OC1CCCCO1)OCc1ccccc1. The molecular weight excluding hydrogens is 294 g/mol. The molecule has 1 unspecified atom stereocenters. The van der Waals surface area contributed by atoms with Gasteiger partial charge < -0.3 is 19.5 Å². The number of nitrogens with one attached hydrogen (secondary N) is 1. The van der Waals surface area contributed by atoms with Crippen molar-refractivity contribution in [3.63, 3.8) is 0 Å². The molecule has 5 nitrogen and oxygen atoms in total. The van der Waals surface area contributed by atoms with Crippen LogP contribution < -0.4 is 5.32 Å². The lowest BCUT2D eigenvalue weighted by Crippen LogP contribution is -2.43. The molecule has 1 saturated carbocycles. The number of carbonyl (C=O) groups is 1. The Kier molecular flexibility index (Phi) is 5.88. The minimum Gasteiger partial charge on any atom is -0.445 e. The summed E-state index contributed by atoms with van der Waals surface area (Å²) in [6.07, 6.45) is 5.69. The molecule has 2 aliphatic rings. The highest BCUT2D eigenvalue weighted by atomic mass is 16.7. The molecule has 0 radical (unpaired) electrons. The summed E-state index contributed by atoms with van der Waals surface area (Å²) in [5.41, 5.74) is 0.984. The minimum absolute atomic E-state index is 0.0174. The van der Waals surface area contributed by atoms with Gasteiger partial charge in [0.05, 0.1) is 12.1 Å². The summed E-state index contributed by atoms with van der Waals surface area (Å²) < 4.78 is 17.0. The molecule has 1 aromatic carbocycles. The lowest BCUT2D eigenvalue weighted by atomic mass is 10.2. The van der Waals surface area contributed by atoms with Gasteiger partial charge in [-0.25, -0.2) is 4.79 Å². The Hall–Kier alpha value is -1.59. The molecule has 1 heterocycles. The highest BCUT2D eigenvalue weighted by Crippen LogP contribution is 2.26. The average molecular weight is 319 g/mol. The number of alkyl carbamates (subject to hydrolysis) is 1. The van der Waals surface area contributed by atoms with E-state index in [4.69, 9.17) is 14.2 Å². The maximum atomic E-state index is 12.0. The number of benzene rings is 1. The van der Waals surface area contributed by atoms with Crippen molar-refractivity contribution >= 4 is 6.09 Å². The van der Waals surface area contributed by atoms with Crippen LogP contribution in [0.3, 0.4) is 0 Å². The maximum Gasteiger partial charge on any atom is 0.407 e. The number of carbonyl (C=O) groups excluding carboxylic acids is 1. The third-order valence-corrected chi connectivity index (χ3v) is 4.43. The third-order valence-electron chi connectivity index (χ3n) is 4.43. The van der Waals surface area contributed by atoms with Crippen LogP contribution in [0.5, 0.6) is 0 Å². The van der Waals surface area contributed by atoms with Gasteiger partial charge in [0.25, 0.3) is 0 Å². The van der Waals surface area contributed by atoms with Gasteiger partial charge in [-0.1, -0.05) is 30.3 Å². The van der Waals surface area contributed by atoms with Gasteiger partial charge in [0.1, 0.15) is 6.61 Å². The molecule has 1 aromatic rings. The van der Waals surface area contributed by atoms with Crippen molar-refractivity contribution in [3.8, 4) is 0 Å². The van der Waals surface area contributed by atoms with Crippen molar-refractivity contribution in [3.05, 3.63) is 35.9 Å². The van der Waals surface area contributed by atoms with Crippen LogP contribution in [0.25, 0.3) is 0 Å². The second-order valence-electron chi connectivity index (χ2n) is 6.21. The Labute approximate surface area is 137 Å². The molecule has 1 amide bonds. The number of amides is 1. The molecule has 126 valence electrons. The largest absolute Gasteiger partial charge is 0.445 e. The van der Waals surface area contributed by atoms with E-state index < -0.39 is 0 Å². The van der Waals surface area contributed by atoms with Crippen LogP contribution in [0.1, 0.15) is 44.1 Å². The lowest BCUT2D eigenvalue weighted by molar-refractivity contribution is -0.190. The topological polar surface area (TPSA) is 56.8 Å². The molecule has 5 heteroatoms. The zero-order valence-corrected chi connectivity index (χ0v) is 13.4. The van der Waals surface area contributed by atoms with Crippen molar-refractivity contribution in [2.45, 2.75) is 63.6 Å². The van der Waals surface area contributed by atoms with Crippen molar-refractivity contribution in [1.82, 2.24) is 5.32 Å². The Morgan fingerprint density at radius 3 is 2.78 bits per heavy atom. The number of hydrogen-bond donors (Lipinski definition) is 1. The van der Waals surface area contributed by atoms with Gasteiger partial charge in [-0.3, -0.25) is 0 Å². The Morgan fingerprint density at radius 1 is 1.13 bits per heavy atom. The second kappa shape index (κ2) is 8.31. The van der Waals surface area contributed by atoms with Crippen molar-refractivity contribution in [2.75, 3.05) is 6.61 Å². The summed E-state index contributed by atoms with van der Waals surface area (Å²) in [6, 6.07) is 9.70. The van der Waals surface area contributed by atoms with Gasteiger partial charge in [-0.15, -0.1) is 0 Å². The molecule has 2 fully saturated rings. The summed E-state index contributed by atoms with van der Waals surface area (Å²) in [7, 11) is 0. The highest BCUT2D eigenvalue weighted by Gasteiger charge is 2.32. The molecule has 23 heavy (non-hydrogen) atoms. The summed E-state index contributed by atoms with van der Waals surface area (Å²) in [5.74, 6) is 0. The van der Waals surface area contributed by atoms with E-state index >= 15 is 0 Å². The van der Waals surface area contributed by atoms with Crippen LogP contribution in [0.2, 0.25) is 0 Å². The first-order valence-electron chi connectivity index (χ1n) is 8.55. The maximum absolute atomic E-state index is 12.0. The van der Waals surface area contributed by atoms with Crippen LogP contribution in [-0.4, -0.2) is 31.1 Å². The number of ether oxygens (including phenoxy) is 3. The van der Waals surface area contributed by atoms with Crippen molar-refractivity contribution < 1.29 is 19.0 Å². The van der Waals surface area contributed by atoms with Gasteiger partial charge >= 0.3 is 6.09 Å². The fraction of sp³-hybridized carbons (Fsp3) is 0.611. The van der Waals surface area contributed by atoms with Gasteiger partial charge in [0.15, 0.2) is 6.29 Å². The van der Waals surface area contributed by atoms with E-state index in [0.29, 0.717) is 0 Å². The standard InChI is InChI=1S/C18H25NO4/c20-18(22-13-14-7-2-1-3-8-14)19-15-9-6-10-16(15)23-17-11-4-5-12-21-17/h1-3,7-8,15-17H,4-6,9-13H2,(H,19,20)/t15-,16-,17?/m0/s1. The monoisotopic (exact) mass is 319 g/mol. The summed E-state index contributed by atoms with van der Waals surface area (Å²) in [6.45, 7) is 1.06. The van der Waals surface area contributed by atoms with E-state index in [1.165, 1.54) is 0 Å². The molecule has 0 bridgehead atoms. The predicted octanol–water partition coefficient (Wildman–Crippen LogP) is 3.38. The third kappa shape index (κ3) is 4.94. The van der Waals surface area contributed by atoms with Gasteiger partial charge in [-0.05, 0) is 44.1 Å². The summed E-state index contributed by atoms with van der Waals surface area (Å²) >= 11 is 0. The van der Waals surface area contributed by atoms with Crippen LogP contribution in [0.4, 0.5) is 4.79 Å². The fourth-order valence-corrected chi connectivity index (χ4v) is 3.18. The average Bonchev–Trinajstić information content (AvgIpc) is 3.02. The van der Waals surface area contributed by atoms with Crippen LogP contribution >= 0.6 is 0 Å². The molecule has 3 atom stereocenters. The molecule has 1 aliphatic heterocycles. The van der Waals surface area contributed by atoms with E-state index in [-0.39, 0.29) is 31.1 Å². The highest BCUT2D eigenvalue weighted by molar-refractivity contribution is 5.67. The number of rotatable bonds is 5. The zero-order chi connectivity index (χ0) is 15.9. The normalized spacial score (nSPS) is 27.6. The van der Waals surface area contributed by atoms with E-state index in [0.717, 1.165) is 50.7 Å². The zero-order valence-electron chi connectivity index (χ0n) is 13.4. The van der Waals surface area contributed by atoms with Gasteiger partial charge in [-0.2, -0.15) is 0 Å². The Bertz CT molecular complexity index is 487. The molecular formula is C18H25NO4. The van der Waals surface area contributed by atoms with Gasteiger partial charge in [0.2, 0.25) is 0 Å². The van der Waals surface area contributed by atoms with Crippen LogP contribution in [-0.2, 0) is 20.8 Å². The summed E-state index contributed by atoms with van der Waals surface area (Å²) in [5, 5.41) is 2.95. The minimum atomic E-state index is -0.376. The van der Waals surface area contributed by atoms with Crippen LogP contribution in [0.15, 0.2) is 30.3 Å². The number of hydrogen-bond acceptors (Lipinski definition) is 4. The smallest absolute Gasteiger partial charge is 0.407 e. The van der Waals surface area contributed by atoms with Gasteiger partial charge in [0, 0.05) is 6.61 Å². The first-order valence-corrected chi connectivity index (χ1v) is 8.55. The molecule has 0 spiro atoms. The van der Waals surface area contributed by atoms with E-state index in [9.17, 15) is 4.79 Å². The second-order valence-corrected chi connectivity index (χ2v) is 6.21. The summed E-state index contributed by atoms with van der Waals surface area (Å²) in [4.78, 5) is 12.0. The molecule has 1 saturated heterocycles.